The molecule has 0 heterocycles. The van der Waals surface area contributed by atoms with Crippen LogP contribution in [-0.4, -0.2) is 23.4 Å². The summed E-state index contributed by atoms with van der Waals surface area (Å²) in [5, 5.41) is 8.92. The zero-order valence-corrected chi connectivity index (χ0v) is 18.4. The summed E-state index contributed by atoms with van der Waals surface area (Å²) in [4.78, 5) is 16.0. The largest absolute Gasteiger partial charge is 0.482 e. The van der Waals surface area contributed by atoms with Crippen molar-refractivity contribution in [3.05, 3.63) is 101 Å². The molecule has 0 aromatic heterocycles. The molecule has 0 radical (unpaired) electrons. The second kappa shape index (κ2) is 10.3. The standard InChI is InChI=1S/C28H29NO3/c1-20(29-28(22-9-4-2-5-10-22)23-11-6-3-7-12-23)17-21-15-16-25-24(18-21)13-8-14-26(25)32-19-27(30)31/h2-14,21,28H,15-19H2,1H3,(H,30,31). The number of aliphatic carboxylic acids is 1. The molecule has 0 bridgehead atoms. The van der Waals surface area contributed by atoms with E-state index in [1.165, 1.54) is 16.7 Å². The molecule has 0 fully saturated rings. The van der Waals surface area contributed by atoms with Crippen LogP contribution in [0.1, 0.15) is 48.1 Å². The summed E-state index contributed by atoms with van der Waals surface area (Å²) < 4.78 is 5.51. The third-order valence-corrected chi connectivity index (χ3v) is 6.06. The number of hydrogen-bond donors (Lipinski definition) is 1. The van der Waals surface area contributed by atoms with Crippen LogP contribution >= 0.6 is 0 Å². The summed E-state index contributed by atoms with van der Waals surface area (Å²) in [6.45, 7) is 1.84. The summed E-state index contributed by atoms with van der Waals surface area (Å²) in [7, 11) is 0. The summed E-state index contributed by atoms with van der Waals surface area (Å²) in [6, 6.07) is 26.9. The smallest absolute Gasteiger partial charge is 0.341 e. The van der Waals surface area contributed by atoms with Gasteiger partial charge in [0.05, 0.1) is 6.04 Å². The molecule has 32 heavy (non-hydrogen) atoms. The van der Waals surface area contributed by atoms with Gasteiger partial charge in [-0.25, -0.2) is 4.79 Å². The SMILES string of the molecule is CC(CC1CCc2c(cccc2OCC(=O)O)C1)=NC(c1ccccc1)c1ccccc1. The van der Waals surface area contributed by atoms with E-state index in [0.717, 1.165) is 37.0 Å². The van der Waals surface area contributed by atoms with E-state index in [2.05, 4.69) is 61.5 Å². The van der Waals surface area contributed by atoms with Gasteiger partial charge in [0, 0.05) is 5.71 Å². The van der Waals surface area contributed by atoms with Crippen molar-refractivity contribution in [1.29, 1.82) is 0 Å². The van der Waals surface area contributed by atoms with Gasteiger partial charge < -0.3 is 9.84 Å². The number of hydrogen-bond acceptors (Lipinski definition) is 3. The van der Waals surface area contributed by atoms with Crippen molar-refractivity contribution in [2.75, 3.05) is 6.61 Å². The van der Waals surface area contributed by atoms with Crippen LogP contribution in [0.15, 0.2) is 83.9 Å². The molecule has 1 aliphatic rings. The van der Waals surface area contributed by atoms with Crippen molar-refractivity contribution in [2.45, 2.75) is 38.6 Å². The maximum atomic E-state index is 10.9. The summed E-state index contributed by atoms with van der Waals surface area (Å²) in [5.41, 5.74) is 5.99. The molecule has 0 spiro atoms. The van der Waals surface area contributed by atoms with E-state index in [-0.39, 0.29) is 12.6 Å². The van der Waals surface area contributed by atoms with Gasteiger partial charge in [-0.2, -0.15) is 0 Å². The average Bonchev–Trinajstić information content (AvgIpc) is 2.82. The van der Waals surface area contributed by atoms with Crippen LogP contribution in [0, 0.1) is 5.92 Å². The Balaban J connectivity index is 1.49. The lowest BCUT2D eigenvalue weighted by atomic mass is 9.81. The monoisotopic (exact) mass is 427 g/mol. The van der Waals surface area contributed by atoms with Gasteiger partial charge in [-0.15, -0.1) is 0 Å². The number of carboxylic acids is 1. The van der Waals surface area contributed by atoms with Crippen LogP contribution in [0.2, 0.25) is 0 Å². The average molecular weight is 428 g/mol. The van der Waals surface area contributed by atoms with Crippen molar-refractivity contribution in [2.24, 2.45) is 10.9 Å². The Morgan fingerprint density at radius 2 is 1.66 bits per heavy atom. The quantitative estimate of drug-likeness (QED) is 0.456. The molecule has 3 aromatic rings. The number of aliphatic imine (C=N–C) groups is 1. The lowest BCUT2D eigenvalue weighted by Crippen LogP contribution is -2.19. The lowest BCUT2D eigenvalue weighted by molar-refractivity contribution is -0.139. The minimum absolute atomic E-state index is 0.00398. The normalized spacial score (nSPS) is 15.9. The van der Waals surface area contributed by atoms with E-state index in [0.29, 0.717) is 11.7 Å². The second-order valence-corrected chi connectivity index (χ2v) is 8.48. The zero-order valence-electron chi connectivity index (χ0n) is 18.4. The molecular weight excluding hydrogens is 398 g/mol. The minimum atomic E-state index is -0.950. The first-order valence-electron chi connectivity index (χ1n) is 11.2. The summed E-state index contributed by atoms with van der Waals surface area (Å²) in [5.74, 6) is 0.282. The molecule has 4 nitrogen and oxygen atoms in total. The molecule has 1 N–H and O–H groups in total. The molecule has 0 saturated carbocycles. The zero-order chi connectivity index (χ0) is 22.3. The number of carboxylic acid groups (broad SMARTS) is 1. The molecule has 0 aliphatic heterocycles. The first-order valence-corrected chi connectivity index (χ1v) is 11.2. The number of ether oxygens (including phenoxy) is 1. The molecule has 4 rings (SSSR count). The van der Waals surface area contributed by atoms with Crippen LogP contribution in [0.5, 0.6) is 5.75 Å². The van der Waals surface area contributed by atoms with Gasteiger partial charge in [0.2, 0.25) is 0 Å². The summed E-state index contributed by atoms with van der Waals surface area (Å²) >= 11 is 0. The highest BCUT2D eigenvalue weighted by Gasteiger charge is 2.23. The second-order valence-electron chi connectivity index (χ2n) is 8.48. The third-order valence-electron chi connectivity index (χ3n) is 6.06. The van der Waals surface area contributed by atoms with Gasteiger partial charge >= 0.3 is 5.97 Å². The highest BCUT2D eigenvalue weighted by molar-refractivity contribution is 5.82. The molecule has 0 amide bonds. The first kappa shape index (κ1) is 21.8. The molecule has 0 saturated heterocycles. The maximum absolute atomic E-state index is 10.9. The number of fused-ring (bicyclic) bond motifs is 1. The lowest BCUT2D eigenvalue weighted by Gasteiger charge is -2.26. The minimum Gasteiger partial charge on any atom is -0.482 e. The number of rotatable bonds is 8. The Bertz CT molecular complexity index is 1040. The fourth-order valence-electron chi connectivity index (χ4n) is 4.60. The Morgan fingerprint density at radius 3 is 2.28 bits per heavy atom. The fourth-order valence-corrected chi connectivity index (χ4v) is 4.60. The van der Waals surface area contributed by atoms with Crippen LogP contribution < -0.4 is 4.74 Å². The van der Waals surface area contributed by atoms with Gasteiger partial charge in [-0.05, 0) is 66.8 Å². The van der Waals surface area contributed by atoms with Gasteiger partial charge in [0.1, 0.15) is 5.75 Å². The number of carbonyl (C=O) groups is 1. The molecule has 3 aromatic carbocycles. The first-order chi connectivity index (χ1) is 15.6. The molecule has 4 heteroatoms. The van der Waals surface area contributed by atoms with Crippen LogP contribution in [0.25, 0.3) is 0 Å². The Kier molecular flexibility index (Phi) is 7.00. The van der Waals surface area contributed by atoms with Crippen molar-refractivity contribution < 1.29 is 14.6 Å². The van der Waals surface area contributed by atoms with Crippen molar-refractivity contribution in [1.82, 2.24) is 0 Å². The third kappa shape index (κ3) is 5.44. The van der Waals surface area contributed by atoms with Crippen LogP contribution in [-0.2, 0) is 17.6 Å². The predicted octanol–water partition coefficient (Wildman–Crippen LogP) is 5.90. The van der Waals surface area contributed by atoms with Gasteiger partial charge in [-0.3, -0.25) is 4.99 Å². The van der Waals surface area contributed by atoms with E-state index in [1.807, 2.05) is 24.3 Å². The van der Waals surface area contributed by atoms with Crippen molar-refractivity contribution in [3.8, 4) is 5.75 Å². The van der Waals surface area contributed by atoms with Crippen LogP contribution in [0.3, 0.4) is 0 Å². The van der Waals surface area contributed by atoms with E-state index in [1.54, 1.807) is 0 Å². The molecule has 1 atom stereocenters. The highest BCUT2D eigenvalue weighted by Crippen LogP contribution is 2.34. The van der Waals surface area contributed by atoms with E-state index in [9.17, 15) is 4.79 Å². The number of benzene rings is 3. The maximum Gasteiger partial charge on any atom is 0.341 e. The Hall–Kier alpha value is -3.40. The fraction of sp³-hybridized carbons (Fsp3) is 0.286. The van der Waals surface area contributed by atoms with Gasteiger partial charge in [0.15, 0.2) is 6.61 Å². The molecule has 164 valence electrons. The highest BCUT2D eigenvalue weighted by atomic mass is 16.5. The van der Waals surface area contributed by atoms with Gasteiger partial charge in [-0.1, -0.05) is 72.8 Å². The van der Waals surface area contributed by atoms with E-state index in [4.69, 9.17) is 14.8 Å². The number of nitrogens with zero attached hydrogens (tertiary/aromatic N) is 1. The van der Waals surface area contributed by atoms with E-state index >= 15 is 0 Å². The van der Waals surface area contributed by atoms with Gasteiger partial charge in [0.25, 0.3) is 0 Å². The van der Waals surface area contributed by atoms with Crippen molar-refractivity contribution >= 4 is 11.7 Å². The topological polar surface area (TPSA) is 58.9 Å². The Labute approximate surface area is 189 Å². The molecule has 1 unspecified atom stereocenters. The summed E-state index contributed by atoms with van der Waals surface area (Å²) in [6.07, 6.45) is 3.88. The van der Waals surface area contributed by atoms with Crippen molar-refractivity contribution in [3.63, 3.8) is 0 Å². The molecule has 1 aliphatic carbocycles. The van der Waals surface area contributed by atoms with Crippen LogP contribution in [0.4, 0.5) is 0 Å². The Morgan fingerprint density at radius 1 is 1.00 bits per heavy atom. The molecular formula is C28H29NO3. The van der Waals surface area contributed by atoms with E-state index < -0.39 is 5.97 Å². The predicted molar refractivity (Wildman–Crippen MR) is 128 cm³/mol.